The van der Waals surface area contributed by atoms with Gasteiger partial charge < -0.3 is 4.42 Å². The molecule has 1 amide bonds. The number of aryl methyl sites for hydroxylation is 1. The van der Waals surface area contributed by atoms with E-state index in [1.54, 1.807) is 11.8 Å². The van der Waals surface area contributed by atoms with E-state index in [9.17, 15) is 4.79 Å². The van der Waals surface area contributed by atoms with Gasteiger partial charge in [-0.3, -0.25) is 10.1 Å². The highest BCUT2D eigenvalue weighted by molar-refractivity contribution is 8.01. The lowest BCUT2D eigenvalue weighted by Gasteiger charge is -1.98. The van der Waals surface area contributed by atoms with Gasteiger partial charge in [-0.05, 0) is 24.8 Å². The molecule has 0 aliphatic rings. The summed E-state index contributed by atoms with van der Waals surface area (Å²) in [6.45, 7) is 4.05. The van der Waals surface area contributed by atoms with Crippen LogP contribution in [-0.4, -0.2) is 37.8 Å². The van der Waals surface area contributed by atoms with Crippen molar-refractivity contribution in [2.75, 3.05) is 16.8 Å². The predicted molar refractivity (Wildman–Crippen MR) is 100 cm³/mol. The Morgan fingerprint density at radius 2 is 1.96 bits per heavy atom. The lowest BCUT2D eigenvalue weighted by atomic mass is 10.1. The average Bonchev–Trinajstić information content (AvgIpc) is 3.24. The summed E-state index contributed by atoms with van der Waals surface area (Å²) in [5, 5.41) is 19.5. The molecule has 25 heavy (non-hydrogen) atoms. The molecule has 0 radical (unpaired) electrons. The fourth-order valence-corrected chi connectivity index (χ4v) is 4.03. The summed E-state index contributed by atoms with van der Waals surface area (Å²) in [5.41, 5.74) is 2.01. The Kier molecular flexibility index (Phi) is 6.05. The van der Waals surface area contributed by atoms with Gasteiger partial charge in [0.05, 0.1) is 5.75 Å². The van der Waals surface area contributed by atoms with Crippen molar-refractivity contribution in [3.8, 4) is 11.5 Å². The van der Waals surface area contributed by atoms with E-state index >= 15 is 0 Å². The summed E-state index contributed by atoms with van der Waals surface area (Å²) in [6.07, 6.45) is 0. The predicted octanol–water partition coefficient (Wildman–Crippen LogP) is 3.74. The molecule has 0 aliphatic heterocycles. The van der Waals surface area contributed by atoms with E-state index in [1.807, 2.05) is 38.1 Å². The van der Waals surface area contributed by atoms with E-state index in [1.165, 1.54) is 23.1 Å². The molecule has 10 heteroatoms. The average molecular weight is 394 g/mol. The number of hydrogen-bond acceptors (Lipinski definition) is 9. The van der Waals surface area contributed by atoms with Gasteiger partial charge >= 0.3 is 0 Å². The molecule has 0 fully saturated rings. The van der Waals surface area contributed by atoms with Crippen LogP contribution >= 0.6 is 34.9 Å². The molecule has 0 saturated heterocycles. The monoisotopic (exact) mass is 393 g/mol. The third kappa shape index (κ3) is 5.03. The van der Waals surface area contributed by atoms with Crippen LogP contribution in [-0.2, 0) is 4.79 Å². The summed E-state index contributed by atoms with van der Waals surface area (Å²) < 4.78 is 6.42. The lowest BCUT2D eigenvalue weighted by Crippen LogP contribution is -2.13. The molecule has 2 heterocycles. The minimum atomic E-state index is -0.190. The number of thioether (sulfide) groups is 2. The topological polar surface area (TPSA) is 93.8 Å². The molecule has 0 spiro atoms. The molecule has 0 aliphatic carbocycles. The number of anilines is 1. The molecular weight excluding hydrogens is 378 g/mol. The number of aromatic nitrogens is 4. The minimum absolute atomic E-state index is 0.158. The Morgan fingerprint density at radius 3 is 2.72 bits per heavy atom. The molecule has 0 bridgehead atoms. The van der Waals surface area contributed by atoms with Crippen LogP contribution in [0.5, 0.6) is 0 Å². The van der Waals surface area contributed by atoms with Crippen LogP contribution in [0.25, 0.3) is 11.5 Å². The number of amides is 1. The maximum atomic E-state index is 12.0. The first kappa shape index (κ1) is 17.9. The number of nitrogens with zero attached hydrogens (tertiary/aromatic N) is 4. The number of rotatable bonds is 7. The van der Waals surface area contributed by atoms with E-state index in [2.05, 4.69) is 25.7 Å². The molecule has 3 aromatic rings. The smallest absolute Gasteiger partial charge is 0.277 e. The number of nitrogens with one attached hydrogen (secondary N) is 1. The highest BCUT2D eigenvalue weighted by Crippen LogP contribution is 2.26. The van der Waals surface area contributed by atoms with E-state index in [0.29, 0.717) is 16.2 Å². The Morgan fingerprint density at radius 1 is 1.16 bits per heavy atom. The molecule has 130 valence electrons. The van der Waals surface area contributed by atoms with Gasteiger partial charge in [0.2, 0.25) is 16.9 Å². The normalized spacial score (nSPS) is 10.8. The fourth-order valence-electron chi connectivity index (χ4n) is 1.81. The summed E-state index contributed by atoms with van der Waals surface area (Å²) in [7, 11) is 0. The van der Waals surface area contributed by atoms with E-state index in [-0.39, 0.29) is 11.7 Å². The molecule has 3 rings (SSSR count). The third-order valence-electron chi connectivity index (χ3n) is 2.95. The Balaban J connectivity index is 1.52. The zero-order valence-electron chi connectivity index (χ0n) is 13.6. The van der Waals surface area contributed by atoms with Crippen molar-refractivity contribution in [3.05, 3.63) is 29.8 Å². The summed E-state index contributed by atoms with van der Waals surface area (Å²) in [5.74, 6) is 1.32. The highest BCUT2D eigenvalue weighted by Gasteiger charge is 2.13. The van der Waals surface area contributed by atoms with Crippen LogP contribution in [0, 0.1) is 6.92 Å². The zero-order chi connectivity index (χ0) is 17.6. The van der Waals surface area contributed by atoms with E-state index in [0.717, 1.165) is 21.2 Å². The minimum Gasteiger partial charge on any atom is -0.411 e. The van der Waals surface area contributed by atoms with Gasteiger partial charge in [-0.15, -0.1) is 20.4 Å². The maximum Gasteiger partial charge on any atom is 0.277 e. The third-order valence-corrected chi connectivity index (χ3v) is 5.62. The number of benzene rings is 1. The van der Waals surface area contributed by atoms with Gasteiger partial charge in [-0.1, -0.05) is 59.5 Å². The fraction of sp³-hybridized carbons (Fsp3) is 0.267. The zero-order valence-corrected chi connectivity index (χ0v) is 16.0. The second kappa shape index (κ2) is 8.45. The van der Waals surface area contributed by atoms with Crippen molar-refractivity contribution >= 4 is 45.9 Å². The second-order valence-corrected chi connectivity index (χ2v) is 8.30. The molecular formula is C15H15N5O2S3. The maximum absolute atomic E-state index is 12.0. The molecule has 2 aromatic heterocycles. The molecule has 0 saturated carbocycles. The Hall–Kier alpha value is -1.91. The van der Waals surface area contributed by atoms with Crippen LogP contribution in [0.2, 0.25) is 0 Å². The number of hydrogen-bond donors (Lipinski definition) is 1. The first-order valence-corrected chi connectivity index (χ1v) is 10.2. The van der Waals surface area contributed by atoms with Crippen molar-refractivity contribution in [1.82, 2.24) is 20.4 Å². The summed E-state index contributed by atoms with van der Waals surface area (Å²) >= 11 is 4.13. The molecule has 0 unspecified atom stereocenters. The number of carbonyl (C=O) groups excluding carboxylic acids is 1. The summed E-state index contributed by atoms with van der Waals surface area (Å²) in [4.78, 5) is 12.0. The SMILES string of the molecule is CCSc1nnc(NC(=O)CSc2nnc(-c3ccc(C)cc3)o2)s1. The van der Waals surface area contributed by atoms with Crippen molar-refractivity contribution < 1.29 is 9.21 Å². The first-order chi connectivity index (χ1) is 12.1. The standard InChI is InChI=1S/C15H15N5O2S3/c1-3-23-15-20-18-13(25-15)16-11(21)8-24-14-19-17-12(22-14)10-6-4-9(2)5-7-10/h4-7H,3,8H2,1-2H3,(H,16,18,21). The highest BCUT2D eigenvalue weighted by atomic mass is 32.2. The van der Waals surface area contributed by atoms with E-state index < -0.39 is 0 Å². The molecule has 1 aromatic carbocycles. The Bertz CT molecular complexity index is 847. The molecule has 0 atom stereocenters. The molecule has 7 nitrogen and oxygen atoms in total. The lowest BCUT2D eigenvalue weighted by molar-refractivity contribution is -0.113. The van der Waals surface area contributed by atoms with Crippen LogP contribution in [0.3, 0.4) is 0 Å². The van der Waals surface area contributed by atoms with Gasteiger partial charge in [0.15, 0.2) is 4.34 Å². The van der Waals surface area contributed by atoms with Crippen molar-refractivity contribution in [3.63, 3.8) is 0 Å². The van der Waals surface area contributed by atoms with Crippen molar-refractivity contribution in [2.24, 2.45) is 0 Å². The molecule has 1 N–H and O–H groups in total. The summed E-state index contributed by atoms with van der Waals surface area (Å²) in [6, 6.07) is 7.80. The quantitative estimate of drug-likeness (QED) is 0.479. The van der Waals surface area contributed by atoms with Crippen molar-refractivity contribution in [1.29, 1.82) is 0 Å². The van der Waals surface area contributed by atoms with Crippen molar-refractivity contribution in [2.45, 2.75) is 23.4 Å². The van der Waals surface area contributed by atoms with Crippen LogP contribution in [0.15, 0.2) is 38.2 Å². The largest absolute Gasteiger partial charge is 0.411 e. The Labute approximate surface area is 157 Å². The van der Waals surface area contributed by atoms with Gasteiger partial charge in [0.25, 0.3) is 5.22 Å². The van der Waals surface area contributed by atoms with Gasteiger partial charge in [0.1, 0.15) is 0 Å². The second-order valence-electron chi connectivity index (χ2n) is 4.88. The first-order valence-electron chi connectivity index (χ1n) is 7.43. The number of carbonyl (C=O) groups is 1. The van der Waals surface area contributed by atoms with Crippen LogP contribution in [0.1, 0.15) is 12.5 Å². The van der Waals surface area contributed by atoms with Crippen LogP contribution in [0.4, 0.5) is 5.13 Å². The van der Waals surface area contributed by atoms with Gasteiger partial charge in [0, 0.05) is 5.56 Å². The van der Waals surface area contributed by atoms with Gasteiger partial charge in [-0.2, -0.15) is 0 Å². The van der Waals surface area contributed by atoms with Crippen LogP contribution < -0.4 is 5.32 Å². The van der Waals surface area contributed by atoms with Gasteiger partial charge in [-0.25, -0.2) is 0 Å². The van der Waals surface area contributed by atoms with E-state index in [4.69, 9.17) is 4.42 Å².